The van der Waals surface area contributed by atoms with Gasteiger partial charge in [-0.05, 0) is 0 Å². The van der Waals surface area contributed by atoms with Crippen LogP contribution in [0.3, 0.4) is 0 Å². The third kappa shape index (κ3) is 2.79. The third-order valence-corrected chi connectivity index (χ3v) is 5.09. The second-order valence-corrected chi connectivity index (χ2v) is 6.79. The van der Waals surface area contributed by atoms with Gasteiger partial charge in [-0.15, -0.1) is 0 Å². The summed E-state index contributed by atoms with van der Waals surface area (Å²) in [5, 5.41) is 0. The molecule has 2 aromatic carbocycles. The van der Waals surface area contributed by atoms with Gasteiger partial charge in [0.05, 0.1) is 0 Å². The molecule has 0 atom stereocenters. The number of nitrogens with zero attached hydrogens (tertiary/aromatic N) is 1. The molecule has 0 unspecified atom stereocenters. The second kappa shape index (κ2) is 5.08. The Bertz CT molecular complexity index is 732. The second-order valence-electron chi connectivity index (χ2n) is 4.45. The van der Waals surface area contributed by atoms with E-state index >= 15 is 0 Å². The quantitative estimate of drug-likeness (QED) is 0.645. The molecule has 0 amide bonds. The molecule has 0 aliphatic carbocycles. The fourth-order valence-electron chi connectivity index (χ4n) is 1.99. The molecule has 102 valence electrons. The van der Waals surface area contributed by atoms with Gasteiger partial charge in [0.15, 0.2) is 0 Å². The van der Waals surface area contributed by atoms with E-state index in [1.165, 1.54) is 12.1 Å². The van der Waals surface area contributed by atoms with Gasteiger partial charge in [-0.2, -0.15) is 0 Å². The summed E-state index contributed by atoms with van der Waals surface area (Å²) >= 11 is -0.119. The maximum atomic E-state index is 12.7. The molecule has 0 aliphatic heterocycles. The Hall–Kier alpha value is -1.58. The van der Waals surface area contributed by atoms with Crippen molar-refractivity contribution in [2.75, 3.05) is 0 Å². The van der Waals surface area contributed by atoms with Crippen LogP contribution in [0.2, 0.25) is 0 Å². The van der Waals surface area contributed by atoms with Gasteiger partial charge >= 0.3 is 119 Å². The van der Waals surface area contributed by atoms with Crippen molar-refractivity contribution >= 4 is 24.3 Å². The molecule has 0 radical (unpaired) electrons. The molecular formula is C15H10F3NSe. The van der Waals surface area contributed by atoms with Crippen LogP contribution in [0.25, 0.3) is 9.78 Å². The molecule has 0 saturated heterocycles. The first-order valence-electron chi connectivity index (χ1n) is 6.03. The molecule has 1 aromatic heterocycles. The van der Waals surface area contributed by atoms with Crippen molar-refractivity contribution in [3.8, 4) is 0 Å². The van der Waals surface area contributed by atoms with Gasteiger partial charge in [0.25, 0.3) is 0 Å². The van der Waals surface area contributed by atoms with E-state index in [-0.39, 0.29) is 14.5 Å². The van der Waals surface area contributed by atoms with E-state index in [9.17, 15) is 13.2 Å². The fraction of sp³-hybridized carbons (Fsp3) is 0.133. The van der Waals surface area contributed by atoms with Crippen molar-refractivity contribution in [3.63, 3.8) is 0 Å². The average Bonchev–Trinajstić information content (AvgIpc) is 2.80. The minimum absolute atomic E-state index is 0.119. The molecule has 5 heteroatoms. The Morgan fingerprint density at radius 1 is 1.00 bits per heavy atom. The van der Waals surface area contributed by atoms with E-state index in [1.807, 2.05) is 30.3 Å². The monoisotopic (exact) mass is 341 g/mol. The van der Waals surface area contributed by atoms with Crippen LogP contribution in [0.4, 0.5) is 13.2 Å². The number of hydrogen-bond donors (Lipinski definition) is 0. The molecule has 0 N–H and O–H groups in total. The molecule has 3 rings (SSSR count). The van der Waals surface area contributed by atoms with Gasteiger partial charge < -0.3 is 0 Å². The van der Waals surface area contributed by atoms with Gasteiger partial charge in [0.1, 0.15) is 0 Å². The number of hydrogen-bond acceptors (Lipinski definition) is 1. The Morgan fingerprint density at radius 2 is 1.75 bits per heavy atom. The Balaban J connectivity index is 1.95. The van der Waals surface area contributed by atoms with Crippen LogP contribution in [0, 0.1) is 0 Å². The van der Waals surface area contributed by atoms with Crippen molar-refractivity contribution in [3.05, 3.63) is 64.2 Å². The Morgan fingerprint density at radius 3 is 2.45 bits per heavy atom. The average molecular weight is 340 g/mol. The molecule has 0 saturated carbocycles. The first kappa shape index (κ1) is 13.4. The van der Waals surface area contributed by atoms with Crippen molar-refractivity contribution < 1.29 is 13.2 Å². The summed E-state index contributed by atoms with van der Waals surface area (Å²) in [5.41, 5.74) is 1.23. The van der Waals surface area contributed by atoms with E-state index in [2.05, 4.69) is 4.98 Å². The summed E-state index contributed by atoms with van der Waals surface area (Å²) in [6.45, 7) is 0. The first-order valence-corrected chi connectivity index (χ1v) is 7.74. The van der Waals surface area contributed by atoms with Gasteiger partial charge in [-0.3, -0.25) is 0 Å². The van der Waals surface area contributed by atoms with E-state index in [1.54, 1.807) is 0 Å². The van der Waals surface area contributed by atoms with Gasteiger partial charge in [0.2, 0.25) is 0 Å². The summed E-state index contributed by atoms with van der Waals surface area (Å²) in [5.74, 6) is 0. The zero-order valence-corrected chi connectivity index (χ0v) is 12.0. The third-order valence-electron chi connectivity index (χ3n) is 2.96. The number of rotatable bonds is 2. The van der Waals surface area contributed by atoms with Crippen LogP contribution in [0.15, 0.2) is 48.5 Å². The topological polar surface area (TPSA) is 12.9 Å². The van der Waals surface area contributed by atoms with E-state index in [0.29, 0.717) is 11.9 Å². The summed E-state index contributed by atoms with van der Waals surface area (Å²) < 4.78 is 39.7. The van der Waals surface area contributed by atoms with Gasteiger partial charge in [-0.25, -0.2) is 0 Å². The van der Waals surface area contributed by atoms with Crippen LogP contribution in [0.5, 0.6) is 0 Å². The number of aromatic nitrogens is 1. The molecule has 0 spiro atoms. The number of alkyl halides is 3. The molecule has 1 heterocycles. The Labute approximate surface area is 119 Å². The number of fused-ring (bicyclic) bond motifs is 1. The molecule has 1 nitrogen and oxygen atoms in total. The number of benzene rings is 2. The van der Waals surface area contributed by atoms with Crippen LogP contribution in [-0.2, 0) is 12.6 Å². The van der Waals surface area contributed by atoms with E-state index in [0.717, 1.165) is 20.5 Å². The molecular weight excluding hydrogens is 330 g/mol. The molecule has 3 aromatic rings. The van der Waals surface area contributed by atoms with Crippen molar-refractivity contribution in [1.29, 1.82) is 0 Å². The first-order chi connectivity index (χ1) is 9.52. The Kier molecular flexibility index (Phi) is 3.40. The van der Waals surface area contributed by atoms with Crippen LogP contribution < -0.4 is 0 Å². The normalized spacial score (nSPS) is 11.9. The summed E-state index contributed by atoms with van der Waals surface area (Å²) in [6, 6.07) is 13.7. The summed E-state index contributed by atoms with van der Waals surface area (Å²) in [6.07, 6.45) is -3.58. The summed E-state index contributed by atoms with van der Waals surface area (Å²) in [4.78, 5) is 4.45. The van der Waals surface area contributed by atoms with Crippen molar-refractivity contribution in [2.24, 2.45) is 0 Å². The van der Waals surface area contributed by atoms with Crippen molar-refractivity contribution in [2.45, 2.75) is 12.6 Å². The van der Waals surface area contributed by atoms with E-state index in [4.69, 9.17) is 0 Å². The summed E-state index contributed by atoms with van der Waals surface area (Å²) in [7, 11) is 0. The minimum atomic E-state index is -4.28. The fourth-order valence-corrected chi connectivity index (χ4v) is 4.18. The molecule has 20 heavy (non-hydrogen) atoms. The molecule has 0 fully saturated rings. The predicted octanol–water partition coefficient (Wildman–Crippen LogP) is 3.90. The standard InChI is InChI=1S/C15H10F3NSe/c16-15(17,18)11-6-7-12-13(9-11)20-14(19-12)8-10-4-2-1-3-5-10/h1-7,9H,8H2. The van der Waals surface area contributed by atoms with Crippen LogP contribution in [0.1, 0.15) is 15.7 Å². The van der Waals surface area contributed by atoms with Crippen LogP contribution in [-0.4, -0.2) is 19.5 Å². The van der Waals surface area contributed by atoms with Crippen LogP contribution >= 0.6 is 0 Å². The van der Waals surface area contributed by atoms with Crippen molar-refractivity contribution in [1.82, 2.24) is 4.98 Å². The predicted molar refractivity (Wildman–Crippen MR) is 72.9 cm³/mol. The number of halogens is 3. The van der Waals surface area contributed by atoms with Gasteiger partial charge in [0, 0.05) is 0 Å². The zero-order valence-electron chi connectivity index (χ0n) is 10.3. The molecule has 0 aliphatic rings. The maximum absolute atomic E-state index is 12.7. The zero-order chi connectivity index (χ0) is 14.2. The van der Waals surface area contributed by atoms with Gasteiger partial charge in [-0.1, -0.05) is 0 Å². The van der Waals surface area contributed by atoms with E-state index < -0.39 is 11.7 Å². The SMILES string of the molecule is FC(F)(F)c1ccc2nc(Cc3ccccc3)[se]c2c1. The molecule has 0 bridgehead atoms.